The molecule has 2 aromatic carbocycles. The van der Waals surface area contributed by atoms with E-state index in [9.17, 15) is 13.2 Å². The molecule has 2 nitrogen and oxygen atoms in total. The van der Waals surface area contributed by atoms with E-state index in [0.29, 0.717) is 10.0 Å². The molecule has 0 saturated heterocycles. The molecule has 0 heterocycles. The van der Waals surface area contributed by atoms with Gasteiger partial charge in [-0.25, -0.2) is 0 Å². The maximum absolute atomic E-state index is 12.9. The molecule has 1 N–H and O–H groups in total. The zero-order valence-corrected chi connectivity index (χ0v) is 11.9. The van der Waals surface area contributed by atoms with Gasteiger partial charge in [0, 0.05) is 10.0 Å². The maximum atomic E-state index is 12.9. The van der Waals surface area contributed by atoms with Gasteiger partial charge in [0.1, 0.15) is 11.5 Å². The Bertz CT molecular complexity index is 637. The molecule has 0 aliphatic rings. The van der Waals surface area contributed by atoms with Crippen molar-refractivity contribution >= 4 is 23.2 Å². The summed E-state index contributed by atoms with van der Waals surface area (Å²) < 4.78 is 43.9. The van der Waals surface area contributed by atoms with Crippen molar-refractivity contribution in [3.8, 4) is 11.5 Å². The number of ether oxygens (including phenoxy) is 1. The van der Waals surface area contributed by atoms with Crippen molar-refractivity contribution in [3.05, 3.63) is 57.6 Å². The minimum absolute atomic E-state index is 0.0298. The Balaban J connectivity index is 2.37. The standard InChI is InChI=1S/C14H9Cl2F3O2/c15-9-3-10(16)5-12(4-9)21-11-2-1-8(7-20)13(6-11)14(17,18)19/h1-6,20H,7H2. The topological polar surface area (TPSA) is 29.5 Å². The summed E-state index contributed by atoms with van der Waals surface area (Å²) in [6.45, 7) is -0.710. The van der Waals surface area contributed by atoms with Gasteiger partial charge in [-0.2, -0.15) is 13.2 Å². The highest BCUT2D eigenvalue weighted by atomic mass is 35.5. The van der Waals surface area contributed by atoms with Crippen LogP contribution in [0.2, 0.25) is 10.0 Å². The fourth-order valence-electron chi connectivity index (χ4n) is 1.74. The van der Waals surface area contributed by atoms with Crippen LogP contribution in [0, 0.1) is 0 Å². The van der Waals surface area contributed by atoms with Gasteiger partial charge in [0.15, 0.2) is 0 Å². The predicted octanol–water partition coefficient (Wildman–Crippen LogP) is 5.30. The summed E-state index contributed by atoms with van der Waals surface area (Å²) in [5, 5.41) is 9.57. The van der Waals surface area contributed by atoms with Gasteiger partial charge in [0.25, 0.3) is 0 Å². The maximum Gasteiger partial charge on any atom is 0.416 e. The molecule has 0 saturated carbocycles. The first-order valence-corrected chi connectivity index (χ1v) is 6.50. The lowest BCUT2D eigenvalue weighted by Gasteiger charge is -2.14. The monoisotopic (exact) mass is 336 g/mol. The van der Waals surface area contributed by atoms with E-state index in [1.54, 1.807) is 0 Å². The number of aliphatic hydroxyl groups is 1. The Morgan fingerprint density at radius 3 is 2.10 bits per heavy atom. The van der Waals surface area contributed by atoms with Gasteiger partial charge in [-0.15, -0.1) is 0 Å². The van der Waals surface area contributed by atoms with Crippen LogP contribution < -0.4 is 4.74 Å². The number of alkyl halides is 3. The minimum Gasteiger partial charge on any atom is -0.457 e. The number of hydrogen-bond acceptors (Lipinski definition) is 2. The van der Waals surface area contributed by atoms with Crippen LogP contribution in [0.25, 0.3) is 0 Å². The fraction of sp³-hybridized carbons (Fsp3) is 0.143. The van der Waals surface area contributed by atoms with Crippen LogP contribution in [0.3, 0.4) is 0 Å². The Hall–Kier alpha value is -1.43. The lowest BCUT2D eigenvalue weighted by molar-refractivity contribution is -0.138. The molecule has 0 aliphatic carbocycles. The second-order valence-electron chi connectivity index (χ2n) is 4.18. The van der Waals surface area contributed by atoms with Gasteiger partial charge in [0.05, 0.1) is 12.2 Å². The van der Waals surface area contributed by atoms with Gasteiger partial charge in [-0.3, -0.25) is 0 Å². The van der Waals surface area contributed by atoms with E-state index in [2.05, 4.69) is 0 Å². The molecule has 2 aromatic rings. The van der Waals surface area contributed by atoms with E-state index in [-0.39, 0.29) is 17.1 Å². The van der Waals surface area contributed by atoms with Crippen LogP contribution in [-0.2, 0) is 12.8 Å². The van der Waals surface area contributed by atoms with Crippen molar-refractivity contribution in [1.82, 2.24) is 0 Å². The van der Waals surface area contributed by atoms with Crippen LogP contribution in [0.15, 0.2) is 36.4 Å². The molecule has 0 bridgehead atoms. The van der Waals surface area contributed by atoms with Crippen molar-refractivity contribution in [3.63, 3.8) is 0 Å². The summed E-state index contributed by atoms with van der Waals surface area (Å²) in [7, 11) is 0. The Labute approximate surface area is 128 Å². The van der Waals surface area contributed by atoms with E-state index in [0.717, 1.165) is 12.1 Å². The van der Waals surface area contributed by atoms with Crippen molar-refractivity contribution in [2.24, 2.45) is 0 Å². The molecule has 21 heavy (non-hydrogen) atoms. The number of aliphatic hydroxyl groups excluding tert-OH is 1. The van der Waals surface area contributed by atoms with Gasteiger partial charge in [-0.1, -0.05) is 29.3 Å². The fourth-order valence-corrected chi connectivity index (χ4v) is 2.25. The number of benzene rings is 2. The third-order valence-corrected chi connectivity index (χ3v) is 3.07. The van der Waals surface area contributed by atoms with Gasteiger partial charge < -0.3 is 9.84 Å². The van der Waals surface area contributed by atoms with Crippen LogP contribution >= 0.6 is 23.2 Å². The summed E-state index contributed by atoms with van der Waals surface area (Å²) in [6, 6.07) is 7.65. The second-order valence-corrected chi connectivity index (χ2v) is 5.05. The van der Waals surface area contributed by atoms with Crippen molar-refractivity contribution in [2.45, 2.75) is 12.8 Å². The Morgan fingerprint density at radius 1 is 0.952 bits per heavy atom. The normalized spacial score (nSPS) is 11.5. The summed E-state index contributed by atoms with van der Waals surface area (Å²) in [5.74, 6) is 0.190. The molecule has 0 spiro atoms. The third kappa shape index (κ3) is 4.03. The van der Waals surface area contributed by atoms with E-state index >= 15 is 0 Å². The van der Waals surface area contributed by atoms with Crippen LogP contribution in [0.4, 0.5) is 13.2 Å². The highest BCUT2D eigenvalue weighted by Gasteiger charge is 2.33. The Kier molecular flexibility index (Phi) is 4.66. The first-order valence-electron chi connectivity index (χ1n) is 5.74. The molecule has 112 valence electrons. The van der Waals surface area contributed by atoms with Crippen molar-refractivity contribution in [1.29, 1.82) is 0 Å². The minimum atomic E-state index is -4.58. The lowest BCUT2D eigenvalue weighted by atomic mass is 10.1. The van der Waals surface area contributed by atoms with Crippen LogP contribution in [0.5, 0.6) is 11.5 Å². The quantitative estimate of drug-likeness (QED) is 0.824. The zero-order valence-electron chi connectivity index (χ0n) is 10.4. The molecule has 0 fully saturated rings. The average molecular weight is 337 g/mol. The second kappa shape index (κ2) is 6.13. The van der Waals surface area contributed by atoms with E-state index in [1.807, 2.05) is 0 Å². The molecule has 0 amide bonds. The molecule has 0 aromatic heterocycles. The summed E-state index contributed by atoms with van der Waals surface area (Å²) in [4.78, 5) is 0. The van der Waals surface area contributed by atoms with Gasteiger partial charge in [-0.05, 0) is 35.9 Å². The van der Waals surface area contributed by atoms with Crippen LogP contribution in [-0.4, -0.2) is 5.11 Å². The smallest absolute Gasteiger partial charge is 0.416 e. The van der Waals surface area contributed by atoms with Crippen LogP contribution in [0.1, 0.15) is 11.1 Å². The first-order chi connectivity index (χ1) is 9.79. The highest BCUT2D eigenvalue weighted by Crippen LogP contribution is 2.36. The number of rotatable bonds is 3. The summed E-state index contributed by atoms with van der Waals surface area (Å²) in [5.41, 5.74) is -1.17. The third-order valence-electron chi connectivity index (χ3n) is 2.63. The molecular weight excluding hydrogens is 328 g/mol. The van der Waals surface area contributed by atoms with E-state index in [1.165, 1.54) is 24.3 Å². The molecular formula is C14H9Cl2F3O2. The van der Waals surface area contributed by atoms with Gasteiger partial charge in [0.2, 0.25) is 0 Å². The SMILES string of the molecule is OCc1ccc(Oc2cc(Cl)cc(Cl)c2)cc1C(F)(F)F. The summed E-state index contributed by atoms with van der Waals surface area (Å²) >= 11 is 11.6. The molecule has 2 rings (SSSR count). The molecule has 0 atom stereocenters. The van der Waals surface area contributed by atoms with E-state index < -0.39 is 18.3 Å². The lowest BCUT2D eigenvalue weighted by Crippen LogP contribution is -2.09. The average Bonchev–Trinajstić information content (AvgIpc) is 2.36. The van der Waals surface area contributed by atoms with Crippen molar-refractivity contribution < 1.29 is 23.0 Å². The molecule has 0 aliphatic heterocycles. The number of hydrogen-bond donors (Lipinski definition) is 1. The van der Waals surface area contributed by atoms with E-state index in [4.69, 9.17) is 33.0 Å². The summed E-state index contributed by atoms with van der Waals surface area (Å²) in [6.07, 6.45) is -4.58. The largest absolute Gasteiger partial charge is 0.457 e. The Morgan fingerprint density at radius 2 is 1.57 bits per heavy atom. The van der Waals surface area contributed by atoms with Gasteiger partial charge >= 0.3 is 6.18 Å². The molecule has 0 unspecified atom stereocenters. The van der Waals surface area contributed by atoms with Crippen molar-refractivity contribution in [2.75, 3.05) is 0 Å². The molecule has 0 radical (unpaired) electrons. The molecule has 7 heteroatoms. The zero-order chi connectivity index (χ0) is 15.6. The predicted molar refractivity (Wildman–Crippen MR) is 73.9 cm³/mol. The first kappa shape index (κ1) is 15.9. The highest BCUT2D eigenvalue weighted by molar-refractivity contribution is 6.34. The number of halogens is 5.